The van der Waals surface area contributed by atoms with Gasteiger partial charge in [-0.15, -0.1) is 11.3 Å². The van der Waals surface area contributed by atoms with Gasteiger partial charge >= 0.3 is 0 Å². The molecule has 1 aromatic rings. The van der Waals surface area contributed by atoms with Crippen LogP contribution in [-0.4, -0.2) is 41.4 Å². The molecule has 1 saturated heterocycles. The molecule has 1 N–H and O–H groups in total. The van der Waals surface area contributed by atoms with Gasteiger partial charge in [0.15, 0.2) is 0 Å². The number of amides is 1. The van der Waals surface area contributed by atoms with Crippen LogP contribution in [0.4, 0.5) is 0 Å². The molecule has 1 fully saturated rings. The zero-order valence-corrected chi connectivity index (χ0v) is 12.0. The fourth-order valence-corrected chi connectivity index (χ4v) is 4.58. The van der Waals surface area contributed by atoms with E-state index in [0.717, 1.165) is 25.3 Å². The second-order valence-electron chi connectivity index (χ2n) is 4.88. The molecule has 3 nitrogen and oxygen atoms in total. The third-order valence-electron chi connectivity index (χ3n) is 3.63. The molecule has 0 radical (unpaired) electrons. The third kappa shape index (κ3) is 2.73. The van der Waals surface area contributed by atoms with Gasteiger partial charge in [-0.2, -0.15) is 11.8 Å². The fourth-order valence-electron chi connectivity index (χ4n) is 2.50. The number of hydrogen-bond donors (Lipinski definition) is 1. The van der Waals surface area contributed by atoms with Gasteiger partial charge in [-0.3, -0.25) is 4.79 Å². The zero-order valence-electron chi connectivity index (χ0n) is 10.4. The number of nitrogens with zero attached hydrogens (tertiary/aromatic N) is 1. The maximum Gasteiger partial charge on any atom is 0.236 e. The van der Waals surface area contributed by atoms with Crippen molar-refractivity contribution in [3.05, 3.63) is 21.9 Å². The van der Waals surface area contributed by atoms with Crippen molar-refractivity contribution >= 4 is 29.0 Å². The van der Waals surface area contributed by atoms with E-state index < -0.39 is 0 Å². The molecule has 3 heterocycles. The first-order valence-electron chi connectivity index (χ1n) is 6.47. The van der Waals surface area contributed by atoms with Crippen molar-refractivity contribution in [2.75, 3.05) is 24.6 Å². The molecule has 2 aliphatic rings. The Balaban J connectivity index is 1.51. The third-order valence-corrected chi connectivity index (χ3v) is 5.82. The zero-order chi connectivity index (χ0) is 12.4. The molecule has 5 heteroatoms. The SMILES string of the molecule is O=C(CNC1CCSC1)N1CCc2sccc2C1. The first kappa shape index (κ1) is 12.5. The summed E-state index contributed by atoms with van der Waals surface area (Å²) in [7, 11) is 0. The van der Waals surface area contributed by atoms with E-state index in [1.807, 2.05) is 28.0 Å². The molecule has 0 spiro atoms. The van der Waals surface area contributed by atoms with Gasteiger partial charge in [0, 0.05) is 29.8 Å². The van der Waals surface area contributed by atoms with E-state index in [4.69, 9.17) is 0 Å². The Hall–Kier alpha value is -0.520. The smallest absolute Gasteiger partial charge is 0.236 e. The Morgan fingerprint density at radius 1 is 1.56 bits per heavy atom. The van der Waals surface area contributed by atoms with Crippen LogP contribution in [0.2, 0.25) is 0 Å². The molecule has 2 aliphatic heterocycles. The quantitative estimate of drug-likeness (QED) is 0.916. The number of rotatable bonds is 3. The lowest BCUT2D eigenvalue weighted by Crippen LogP contribution is -2.43. The van der Waals surface area contributed by atoms with Crippen molar-refractivity contribution in [3.63, 3.8) is 0 Å². The van der Waals surface area contributed by atoms with Crippen molar-refractivity contribution in [3.8, 4) is 0 Å². The summed E-state index contributed by atoms with van der Waals surface area (Å²) in [5.74, 6) is 2.64. The number of carbonyl (C=O) groups excluding carboxylic acids is 1. The lowest BCUT2D eigenvalue weighted by molar-refractivity contribution is -0.131. The highest BCUT2D eigenvalue weighted by Crippen LogP contribution is 2.24. The number of fused-ring (bicyclic) bond motifs is 1. The highest BCUT2D eigenvalue weighted by atomic mass is 32.2. The minimum absolute atomic E-state index is 0.253. The van der Waals surface area contributed by atoms with E-state index in [9.17, 15) is 4.79 Å². The van der Waals surface area contributed by atoms with Gasteiger partial charge in [-0.25, -0.2) is 0 Å². The number of thiophene rings is 1. The summed E-state index contributed by atoms with van der Waals surface area (Å²) in [5, 5.41) is 5.52. The summed E-state index contributed by atoms with van der Waals surface area (Å²) >= 11 is 3.79. The van der Waals surface area contributed by atoms with E-state index in [2.05, 4.69) is 16.8 Å². The maximum absolute atomic E-state index is 12.1. The van der Waals surface area contributed by atoms with Crippen LogP contribution in [0.25, 0.3) is 0 Å². The summed E-state index contributed by atoms with van der Waals surface area (Å²) < 4.78 is 0. The van der Waals surface area contributed by atoms with E-state index in [0.29, 0.717) is 12.6 Å². The molecule has 0 saturated carbocycles. The average Bonchev–Trinajstić information content (AvgIpc) is 3.05. The van der Waals surface area contributed by atoms with Gasteiger partial charge in [0.1, 0.15) is 0 Å². The minimum Gasteiger partial charge on any atom is -0.337 e. The van der Waals surface area contributed by atoms with Crippen molar-refractivity contribution < 1.29 is 4.79 Å². The van der Waals surface area contributed by atoms with Gasteiger partial charge in [-0.05, 0) is 35.6 Å². The van der Waals surface area contributed by atoms with Crippen LogP contribution in [0.15, 0.2) is 11.4 Å². The number of carbonyl (C=O) groups is 1. The molecule has 0 bridgehead atoms. The van der Waals surface area contributed by atoms with Crippen LogP contribution in [0.3, 0.4) is 0 Å². The van der Waals surface area contributed by atoms with Crippen LogP contribution < -0.4 is 5.32 Å². The van der Waals surface area contributed by atoms with E-state index in [1.165, 1.54) is 22.6 Å². The van der Waals surface area contributed by atoms with Crippen LogP contribution in [-0.2, 0) is 17.8 Å². The summed E-state index contributed by atoms with van der Waals surface area (Å²) in [4.78, 5) is 15.6. The number of hydrogen-bond acceptors (Lipinski definition) is 4. The van der Waals surface area contributed by atoms with Gasteiger partial charge < -0.3 is 10.2 Å². The van der Waals surface area contributed by atoms with E-state index in [1.54, 1.807) is 0 Å². The Kier molecular flexibility index (Phi) is 3.91. The second kappa shape index (κ2) is 5.63. The molecular weight excluding hydrogens is 264 g/mol. The highest BCUT2D eigenvalue weighted by Gasteiger charge is 2.22. The Morgan fingerprint density at radius 2 is 2.50 bits per heavy atom. The monoisotopic (exact) mass is 282 g/mol. The van der Waals surface area contributed by atoms with Crippen molar-refractivity contribution in [1.82, 2.24) is 10.2 Å². The minimum atomic E-state index is 0.253. The molecule has 18 heavy (non-hydrogen) atoms. The molecule has 0 aliphatic carbocycles. The summed E-state index contributed by atoms with van der Waals surface area (Å²) in [6.45, 7) is 2.19. The predicted octanol–water partition coefficient (Wildman–Crippen LogP) is 1.73. The van der Waals surface area contributed by atoms with Gasteiger partial charge in [0.25, 0.3) is 0 Å². The lowest BCUT2D eigenvalue weighted by Gasteiger charge is -2.27. The molecular formula is C13H18N2OS2. The molecule has 1 atom stereocenters. The van der Waals surface area contributed by atoms with Crippen LogP contribution in [0.1, 0.15) is 16.9 Å². The second-order valence-corrected chi connectivity index (χ2v) is 7.03. The van der Waals surface area contributed by atoms with Crippen LogP contribution in [0.5, 0.6) is 0 Å². The van der Waals surface area contributed by atoms with Crippen molar-refractivity contribution in [2.24, 2.45) is 0 Å². The normalized spacial score (nSPS) is 23.1. The predicted molar refractivity (Wildman–Crippen MR) is 77.2 cm³/mol. The van der Waals surface area contributed by atoms with E-state index >= 15 is 0 Å². The van der Waals surface area contributed by atoms with Crippen molar-refractivity contribution in [2.45, 2.75) is 25.4 Å². The van der Waals surface area contributed by atoms with Gasteiger partial charge in [-0.1, -0.05) is 0 Å². The number of thioether (sulfide) groups is 1. The first-order chi connectivity index (χ1) is 8.83. The maximum atomic E-state index is 12.1. The molecule has 1 amide bonds. The van der Waals surface area contributed by atoms with Crippen LogP contribution >= 0.6 is 23.1 Å². The number of nitrogens with one attached hydrogen (secondary N) is 1. The summed E-state index contributed by atoms with van der Waals surface area (Å²) in [5.41, 5.74) is 1.34. The molecule has 98 valence electrons. The molecule has 3 rings (SSSR count). The lowest BCUT2D eigenvalue weighted by atomic mass is 10.1. The fraction of sp³-hybridized carbons (Fsp3) is 0.615. The van der Waals surface area contributed by atoms with Crippen molar-refractivity contribution in [1.29, 1.82) is 0 Å². The molecule has 0 aromatic carbocycles. The standard InChI is InChI=1S/C13H18N2OS2/c16-13(7-14-11-3-5-17-9-11)15-4-1-12-10(8-15)2-6-18-12/h2,6,11,14H,1,3-5,7-9H2. The Labute approximate surface area is 116 Å². The average molecular weight is 282 g/mol. The highest BCUT2D eigenvalue weighted by molar-refractivity contribution is 7.99. The van der Waals surface area contributed by atoms with Gasteiger partial charge in [0.05, 0.1) is 6.54 Å². The Bertz CT molecular complexity index is 426. The van der Waals surface area contributed by atoms with E-state index in [-0.39, 0.29) is 5.91 Å². The molecule has 1 aromatic heterocycles. The largest absolute Gasteiger partial charge is 0.337 e. The Morgan fingerprint density at radius 3 is 3.33 bits per heavy atom. The van der Waals surface area contributed by atoms with Gasteiger partial charge in [0.2, 0.25) is 5.91 Å². The topological polar surface area (TPSA) is 32.3 Å². The summed E-state index contributed by atoms with van der Waals surface area (Å²) in [6.07, 6.45) is 2.23. The molecule has 1 unspecified atom stereocenters. The van der Waals surface area contributed by atoms with Crippen LogP contribution in [0, 0.1) is 0 Å². The summed E-state index contributed by atoms with van der Waals surface area (Å²) in [6, 6.07) is 2.70. The first-order valence-corrected chi connectivity index (χ1v) is 8.50.